The van der Waals surface area contributed by atoms with E-state index in [0.29, 0.717) is 0 Å². The molecule has 0 saturated carbocycles. The van der Waals surface area contributed by atoms with Gasteiger partial charge in [0, 0.05) is 44.5 Å². The third-order valence-corrected chi connectivity index (χ3v) is 14.5. The summed E-state index contributed by atoms with van der Waals surface area (Å²) >= 11 is 0. The molecule has 0 saturated heterocycles. The Morgan fingerprint density at radius 1 is 0.294 bits per heavy atom. The van der Waals surface area contributed by atoms with Gasteiger partial charge in [0.25, 0.3) is 0 Å². The van der Waals surface area contributed by atoms with Crippen LogP contribution in [-0.2, 0) is 5.41 Å². The van der Waals surface area contributed by atoms with Crippen molar-refractivity contribution in [2.45, 2.75) is 5.41 Å². The molecule has 14 rings (SSSR count). The first kappa shape index (κ1) is 38.4. The van der Waals surface area contributed by atoms with Gasteiger partial charge in [-0.2, -0.15) is 0 Å². The molecule has 0 N–H and O–H groups in total. The molecule has 1 heterocycles. The molecule has 3 nitrogen and oxygen atoms in total. The highest BCUT2D eigenvalue weighted by molar-refractivity contribution is 6.17. The zero-order valence-electron chi connectivity index (χ0n) is 37.2. The van der Waals surface area contributed by atoms with Gasteiger partial charge in [-0.15, -0.1) is 0 Å². The fourth-order valence-corrected chi connectivity index (χ4v) is 12.0. The molecule has 0 radical (unpaired) electrons. The van der Waals surface area contributed by atoms with Gasteiger partial charge in [-0.25, -0.2) is 0 Å². The van der Waals surface area contributed by atoms with Gasteiger partial charge < -0.3 is 14.4 Å². The minimum absolute atomic E-state index is 0.626. The Hall–Kier alpha value is -8.92. The Morgan fingerprint density at radius 3 is 1.43 bits per heavy atom. The lowest BCUT2D eigenvalue weighted by molar-refractivity contribution is 0.794. The molecule has 0 aliphatic heterocycles. The molecule has 1 spiro atoms. The quantitative estimate of drug-likeness (QED) is 0.158. The number of aromatic nitrogens is 1. The van der Waals surface area contributed by atoms with E-state index < -0.39 is 5.41 Å². The summed E-state index contributed by atoms with van der Waals surface area (Å²) in [7, 11) is 0. The standard InChI is InChI=1S/C65H43N3/c1-5-23-44(24-6-1)66(45-25-7-2-8-26-45)59-41-22-39-56-63(59)53-35-16-19-38-55(53)65(56)54-37-18-15-34-52(54)62-50-33-14-13-31-48(50)61(43-57(62)65)67(46-27-9-3-10-28-46)60-42-21-36-51-49-32-17-20-40-58(49)68(64(51)60)47-29-11-4-12-30-47/h1-43H. The van der Waals surface area contributed by atoms with Gasteiger partial charge >= 0.3 is 0 Å². The molecule has 3 heteroatoms. The van der Waals surface area contributed by atoms with Crippen molar-refractivity contribution in [2.24, 2.45) is 0 Å². The molecule has 318 valence electrons. The maximum Gasteiger partial charge on any atom is 0.0782 e. The van der Waals surface area contributed by atoms with Gasteiger partial charge in [-0.05, 0) is 117 Å². The van der Waals surface area contributed by atoms with Gasteiger partial charge in [0.15, 0.2) is 0 Å². The van der Waals surface area contributed by atoms with E-state index in [4.69, 9.17) is 0 Å². The third-order valence-electron chi connectivity index (χ3n) is 14.5. The smallest absolute Gasteiger partial charge is 0.0782 e. The molecule has 2 aliphatic rings. The van der Waals surface area contributed by atoms with E-state index in [1.165, 1.54) is 71.6 Å². The summed E-state index contributed by atoms with van der Waals surface area (Å²) in [5, 5.41) is 4.87. The number of rotatable bonds is 7. The molecular formula is C65H43N3. The van der Waals surface area contributed by atoms with Crippen LogP contribution in [0.4, 0.5) is 34.1 Å². The zero-order valence-corrected chi connectivity index (χ0v) is 37.2. The normalized spacial score (nSPS) is 14.2. The Labute approximate surface area is 395 Å². The molecule has 0 bridgehead atoms. The van der Waals surface area contributed by atoms with Crippen LogP contribution in [-0.4, -0.2) is 4.57 Å². The van der Waals surface area contributed by atoms with Gasteiger partial charge in [-0.1, -0.05) is 188 Å². The second-order valence-corrected chi connectivity index (χ2v) is 17.9. The molecule has 2 aliphatic carbocycles. The van der Waals surface area contributed by atoms with Crippen molar-refractivity contribution in [3.8, 4) is 27.9 Å². The van der Waals surface area contributed by atoms with Gasteiger partial charge in [0.1, 0.15) is 0 Å². The second-order valence-electron chi connectivity index (χ2n) is 17.9. The van der Waals surface area contributed by atoms with Crippen LogP contribution < -0.4 is 9.80 Å². The zero-order chi connectivity index (χ0) is 44.8. The summed E-state index contributed by atoms with van der Waals surface area (Å²) in [5.41, 5.74) is 19.8. The maximum absolute atomic E-state index is 2.56. The summed E-state index contributed by atoms with van der Waals surface area (Å²) in [5.74, 6) is 0. The molecule has 68 heavy (non-hydrogen) atoms. The number of anilines is 6. The third kappa shape index (κ3) is 5.36. The van der Waals surface area contributed by atoms with Crippen molar-refractivity contribution in [1.29, 1.82) is 0 Å². The van der Waals surface area contributed by atoms with Crippen LogP contribution in [0.3, 0.4) is 0 Å². The van der Waals surface area contributed by atoms with Crippen LogP contribution in [0.5, 0.6) is 0 Å². The predicted octanol–water partition coefficient (Wildman–Crippen LogP) is 17.2. The van der Waals surface area contributed by atoms with E-state index in [0.717, 1.165) is 45.3 Å². The second kappa shape index (κ2) is 15.1. The van der Waals surface area contributed by atoms with Crippen LogP contribution >= 0.6 is 0 Å². The fourth-order valence-electron chi connectivity index (χ4n) is 12.0. The molecular weight excluding hydrogens is 823 g/mol. The number of para-hydroxylation sites is 6. The summed E-state index contributed by atoms with van der Waals surface area (Å²) in [6.45, 7) is 0. The highest BCUT2D eigenvalue weighted by atomic mass is 15.2. The minimum Gasteiger partial charge on any atom is -0.310 e. The van der Waals surface area contributed by atoms with E-state index in [2.05, 4.69) is 275 Å². The molecule has 12 aromatic rings. The lowest BCUT2D eigenvalue weighted by Gasteiger charge is -2.34. The Balaban J connectivity index is 1.11. The van der Waals surface area contributed by atoms with E-state index in [1.54, 1.807) is 0 Å². The largest absolute Gasteiger partial charge is 0.310 e. The van der Waals surface area contributed by atoms with Crippen molar-refractivity contribution >= 4 is 66.7 Å². The van der Waals surface area contributed by atoms with Crippen LogP contribution in [0.2, 0.25) is 0 Å². The number of hydrogen-bond donors (Lipinski definition) is 0. The maximum atomic E-state index is 2.56. The topological polar surface area (TPSA) is 11.4 Å². The molecule has 1 aromatic heterocycles. The van der Waals surface area contributed by atoms with Crippen molar-refractivity contribution < 1.29 is 0 Å². The lowest BCUT2D eigenvalue weighted by Crippen LogP contribution is -2.26. The molecule has 0 fully saturated rings. The van der Waals surface area contributed by atoms with Crippen molar-refractivity contribution in [3.63, 3.8) is 0 Å². The number of hydrogen-bond acceptors (Lipinski definition) is 2. The Morgan fingerprint density at radius 2 is 0.765 bits per heavy atom. The summed E-state index contributed by atoms with van der Waals surface area (Å²) in [4.78, 5) is 4.97. The fraction of sp³-hybridized carbons (Fsp3) is 0.0154. The SMILES string of the molecule is c1ccc(N(c2ccccc2)c2cccc3c2-c2ccccc2C32c3ccccc3-c3c2cc(N(c2ccccc2)c2cccc4c5ccccc5n(-c5ccccc5)c24)c2ccccc32)cc1. The molecule has 11 aromatic carbocycles. The van der Waals surface area contributed by atoms with Gasteiger partial charge in [0.2, 0.25) is 0 Å². The summed E-state index contributed by atoms with van der Waals surface area (Å²) in [6.07, 6.45) is 0. The Kier molecular flexibility index (Phi) is 8.50. The van der Waals surface area contributed by atoms with Crippen LogP contribution in [0.15, 0.2) is 261 Å². The number of fused-ring (bicyclic) bond motifs is 15. The number of benzene rings is 11. The van der Waals surface area contributed by atoms with Gasteiger partial charge in [0.05, 0.1) is 33.5 Å². The van der Waals surface area contributed by atoms with E-state index in [9.17, 15) is 0 Å². The van der Waals surface area contributed by atoms with E-state index in [-0.39, 0.29) is 0 Å². The van der Waals surface area contributed by atoms with Gasteiger partial charge in [-0.3, -0.25) is 0 Å². The van der Waals surface area contributed by atoms with Crippen LogP contribution in [0.1, 0.15) is 22.3 Å². The highest BCUT2D eigenvalue weighted by Crippen LogP contribution is 2.66. The lowest BCUT2D eigenvalue weighted by atomic mass is 9.70. The first-order chi connectivity index (χ1) is 33.8. The van der Waals surface area contributed by atoms with Crippen LogP contribution in [0, 0.1) is 0 Å². The monoisotopic (exact) mass is 865 g/mol. The van der Waals surface area contributed by atoms with Crippen LogP contribution in [0.25, 0.3) is 60.5 Å². The first-order valence-corrected chi connectivity index (χ1v) is 23.5. The average Bonchev–Trinajstić information content (AvgIpc) is 4.03. The molecule has 1 unspecified atom stereocenters. The average molecular weight is 866 g/mol. The predicted molar refractivity (Wildman–Crippen MR) is 284 cm³/mol. The Bertz CT molecular complexity index is 3870. The molecule has 0 amide bonds. The summed E-state index contributed by atoms with van der Waals surface area (Å²) < 4.78 is 2.46. The van der Waals surface area contributed by atoms with Crippen molar-refractivity contribution in [1.82, 2.24) is 4.57 Å². The van der Waals surface area contributed by atoms with Crippen molar-refractivity contribution in [3.05, 3.63) is 283 Å². The summed E-state index contributed by atoms with van der Waals surface area (Å²) in [6, 6.07) is 96.1. The highest BCUT2D eigenvalue weighted by Gasteiger charge is 2.53. The van der Waals surface area contributed by atoms with Crippen molar-refractivity contribution in [2.75, 3.05) is 9.80 Å². The first-order valence-electron chi connectivity index (χ1n) is 23.5. The minimum atomic E-state index is -0.626. The number of nitrogens with zero attached hydrogens (tertiary/aromatic N) is 3. The van der Waals surface area contributed by atoms with E-state index >= 15 is 0 Å². The van der Waals surface area contributed by atoms with E-state index in [1.807, 2.05) is 0 Å². The molecule has 1 atom stereocenters.